The Hall–Kier alpha value is -2.77. The molecule has 0 unspecified atom stereocenters. The van der Waals surface area contributed by atoms with Crippen molar-refractivity contribution in [2.45, 2.75) is 6.92 Å². The summed E-state index contributed by atoms with van der Waals surface area (Å²) in [6, 6.07) is 12.1. The summed E-state index contributed by atoms with van der Waals surface area (Å²) >= 11 is 6.88. The van der Waals surface area contributed by atoms with Crippen LogP contribution in [-0.2, 0) is 0 Å². The fourth-order valence-corrected chi connectivity index (χ4v) is 3.57. The molecule has 4 nitrogen and oxygen atoms in total. The Kier molecular flexibility index (Phi) is 6.06. The van der Waals surface area contributed by atoms with Gasteiger partial charge in [0.2, 0.25) is 5.70 Å². The summed E-state index contributed by atoms with van der Waals surface area (Å²) < 4.78 is 15.6. The predicted octanol–water partition coefficient (Wildman–Crippen LogP) is 3.67. The van der Waals surface area contributed by atoms with Crippen molar-refractivity contribution in [2.75, 3.05) is 24.3 Å². The third kappa shape index (κ3) is 4.37. The Morgan fingerprint density at radius 3 is 2.46 bits per heavy atom. The lowest BCUT2D eigenvalue weighted by molar-refractivity contribution is -0.577. The summed E-state index contributed by atoms with van der Waals surface area (Å²) in [6.45, 7) is 1.69. The largest absolute Gasteiger partial charge is 0.867 e. The van der Waals surface area contributed by atoms with Crippen molar-refractivity contribution in [3.05, 3.63) is 76.5 Å². The van der Waals surface area contributed by atoms with E-state index in [4.69, 9.17) is 12.2 Å². The van der Waals surface area contributed by atoms with Gasteiger partial charge in [0.25, 0.3) is 0 Å². The zero-order valence-electron chi connectivity index (χ0n) is 15.8. The number of thiophene rings is 1. The van der Waals surface area contributed by atoms with Crippen molar-refractivity contribution < 1.29 is 14.1 Å². The van der Waals surface area contributed by atoms with E-state index in [-0.39, 0.29) is 16.6 Å². The minimum Gasteiger partial charge on any atom is -0.867 e. The second kappa shape index (κ2) is 8.50. The molecule has 1 N–H and O–H groups in total. The summed E-state index contributed by atoms with van der Waals surface area (Å²) in [5.41, 5.74) is 2.35. The Morgan fingerprint density at radius 1 is 1.18 bits per heavy atom. The van der Waals surface area contributed by atoms with Crippen LogP contribution in [0.15, 0.2) is 60.2 Å². The van der Waals surface area contributed by atoms with Gasteiger partial charge in [-0.05, 0) is 41.8 Å². The number of benzene rings is 1. The van der Waals surface area contributed by atoms with Gasteiger partial charge in [0, 0.05) is 42.5 Å². The minimum atomic E-state index is -0.332. The van der Waals surface area contributed by atoms with E-state index in [1.807, 2.05) is 42.6 Å². The fraction of sp³-hybridized carbons (Fsp3) is 0.143. The van der Waals surface area contributed by atoms with Crippen LogP contribution in [0, 0.1) is 12.7 Å². The molecule has 0 fully saturated rings. The van der Waals surface area contributed by atoms with Gasteiger partial charge in [-0.2, -0.15) is 4.57 Å². The number of rotatable bonds is 5. The number of hydrogen-bond donors (Lipinski definition) is 1. The number of anilines is 2. The van der Waals surface area contributed by atoms with E-state index in [9.17, 15) is 9.50 Å². The molecule has 3 aromatic rings. The Bertz CT molecular complexity index is 1010. The lowest BCUT2D eigenvalue weighted by Crippen LogP contribution is -2.40. The number of aryl methyl sites for hydroxylation is 1. The molecule has 2 aromatic heterocycles. The van der Waals surface area contributed by atoms with Gasteiger partial charge in [-0.25, -0.2) is 4.39 Å². The van der Waals surface area contributed by atoms with Crippen LogP contribution in [0.1, 0.15) is 10.4 Å². The highest BCUT2D eigenvalue weighted by molar-refractivity contribution is 7.81. The van der Waals surface area contributed by atoms with Gasteiger partial charge in [0.15, 0.2) is 17.4 Å². The second-order valence-corrected chi connectivity index (χ2v) is 7.79. The molecule has 0 bridgehead atoms. The summed E-state index contributed by atoms with van der Waals surface area (Å²) in [6.07, 6.45) is 3.58. The molecule has 0 amide bonds. The Labute approximate surface area is 173 Å². The number of nitrogens with zero attached hydrogens (tertiary/aromatic N) is 2. The molecule has 2 heterocycles. The summed E-state index contributed by atoms with van der Waals surface area (Å²) in [5.74, 6) is -0.524. The van der Waals surface area contributed by atoms with Crippen molar-refractivity contribution in [2.24, 2.45) is 0 Å². The molecule has 28 heavy (non-hydrogen) atoms. The van der Waals surface area contributed by atoms with E-state index in [1.54, 1.807) is 42.1 Å². The number of pyridine rings is 1. The summed E-state index contributed by atoms with van der Waals surface area (Å²) in [5, 5.41) is 18.0. The van der Waals surface area contributed by atoms with Crippen LogP contribution in [0.4, 0.5) is 15.8 Å². The molecule has 0 saturated carbocycles. The minimum absolute atomic E-state index is 0.192. The maximum Gasteiger partial charge on any atom is 0.239 e. The molecule has 7 heteroatoms. The Balaban J connectivity index is 2.02. The number of nitrogens with one attached hydrogen (secondary N) is 1. The maximum atomic E-state index is 13.9. The van der Waals surface area contributed by atoms with Gasteiger partial charge >= 0.3 is 0 Å². The molecule has 0 atom stereocenters. The van der Waals surface area contributed by atoms with Gasteiger partial charge in [-0.15, -0.1) is 11.3 Å². The first-order chi connectivity index (χ1) is 13.4. The first-order valence-corrected chi connectivity index (χ1v) is 9.87. The number of thiocarbonyl (C=S) groups is 1. The fourth-order valence-electron chi connectivity index (χ4n) is 2.59. The maximum absolute atomic E-state index is 13.9. The van der Waals surface area contributed by atoms with Crippen molar-refractivity contribution in [3.8, 4) is 0 Å². The van der Waals surface area contributed by atoms with Gasteiger partial charge < -0.3 is 15.3 Å². The average Bonchev–Trinajstić information content (AvgIpc) is 3.20. The molecular weight excluding hydrogens is 393 g/mol. The van der Waals surface area contributed by atoms with Crippen molar-refractivity contribution in [1.82, 2.24) is 0 Å². The van der Waals surface area contributed by atoms with E-state index >= 15 is 0 Å². The molecule has 1 aromatic carbocycles. The lowest BCUT2D eigenvalue weighted by Gasteiger charge is -2.16. The predicted molar refractivity (Wildman–Crippen MR) is 116 cm³/mol. The zero-order valence-corrected chi connectivity index (χ0v) is 17.4. The SMILES string of the molecule is Cc1ccc(NC(=S)C(=C([O-])c2cccs2)[n+]2ccc(N(C)C)cc2)cc1F. The van der Waals surface area contributed by atoms with Crippen LogP contribution < -0.4 is 19.9 Å². The number of hydrogen-bond acceptors (Lipinski definition) is 4. The Morgan fingerprint density at radius 2 is 1.89 bits per heavy atom. The van der Waals surface area contributed by atoms with Crippen molar-refractivity contribution >= 4 is 51.4 Å². The van der Waals surface area contributed by atoms with E-state index in [0.29, 0.717) is 21.8 Å². The van der Waals surface area contributed by atoms with Crippen LogP contribution in [0.3, 0.4) is 0 Å². The molecular formula is C21H20FN3OS2. The molecule has 0 saturated heterocycles. The van der Waals surface area contributed by atoms with Crippen LogP contribution in [0.2, 0.25) is 0 Å². The van der Waals surface area contributed by atoms with Crippen LogP contribution in [-0.4, -0.2) is 19.1 Å². The first-order valence-electron chi connectivity index (χ1n) is 8.58. The smallest absolute Gasteiger partial charge is 0.239 e. The average molecular weight is 414 g/mol. The van der Waals surface area contributed by atoms with Gasteiger partial charge in [-0.3, -0.25) is 0 Å². The van der Waals surface area contributed by atoms with Gasteiger partial charge in [-0.1, -0.05) is 24.4 Å². The van der Waals surface area contributed by atoms with Crippen LogP contribution in [0.5, 0.6) is 0 Å². The monoisotopic (exact) mass is 413 g/mol. The standard InChI is InChI=1S/C21H20FN3OS2/c1-14-6-7-15(13-17(14)22)23-21(27)19(20(26)18-5-4-12-28-18)25-10-8-16(9-11-25)24(2)3/h4-13H,1-3H3,(H-,23,26,27). The van der Waals surface area contributed by atoms with Crippen LogP contribution in [0.25, 0.3) is 11.5 Å². The van der Waals surface area contributed by atoms with E-state index in [1.165, 1.54) is 17.4 Å². The highest BCUT2D eigenvalue weighted by Crippen LogP contribution is 2.22. The lowest BCUT2D eigenvalue weighted by atomic mass is 10.2. The first kappa shape index (κ1) is 20.0. The second-order valence-electron chi connectivity index (χ2n) is 6.43. The van der Waals surface area contributed by atoms with E-state index < -0.39 is 0 Å². The highest BCUT2D eigenvalue weighted by Gasteiger charge is 2.20. The van der Waals surface area contributed by atoms with Crippen molar-refractivity contribution in [3.63, 3.8) is 0 Å². The third-order valence-electron chi connectivity index (χ3n) is 4.19. The van der Waals surface area contributed by atoms with Crippen molar-refractivity contribution in [1.29, 1.82) is 0 Å². The molecule has 3 rings (SSSR count). The summed E-state index contributed by atoms with van der Waals surface area (Å²) in [4.78, 5) is 2.78. The molecule has 0 aliphatic heterocycles. The zero-order chi connectivity index (χ0) is 20.3. The molecule has 0 aliphatic rings. The summed E-state index contributed by atoms with van der Waals surface area (Å²) in [7, 11) is 3.89. The number of halogens is 1. The molecule has 0 spiro atoms. The number of aromatic nitrogens is 1. The third-order valence-corrected chi connectivity index (χ3v) is 5.36. The van der Waals surface area contributed by atoms with Gasteiger partial charge in [0.1, 0.15) is 5.82 Å². The highest BCUT2D eigenvalue weighted by atomic mass is 32.1. The van der Waals surface area contributed by atoms with E-state index in [0.717, 1.165) is 5.69 Å². The normalized spacial score (nSPS) is 11.7. The quantitative estimate of drug-likeness (QED) is 0.300. The van der Waals surface area contributed by atoms with E-state index in [2.05, 4.69) is 5.32 Å². The van der Waals surface area contributed by atoms with Crippen LogP contribution >= 0.6 is 23.6 Å². The molecule has 0 radical (unpaired) electrons. The molecule has 0 aliphatic carbocycles. The topological polar surface area (TPSA) is 42.2 Å². The van der Waals surface area contributed by atoms with Gasteiger partial charge in [0.05, 0.1) is 0 Å². The molecule has 144 valence electrons.